The van der Waals surface area contributed by atoms with Crippen LogP contribution in [0, 0.1) is 5.92 Å². The quantitative estimate of drug-likeness (QED) is 0.387. The summed E-state index contributed by atoms with van der Waals surface area (Å²) >= 11 is 1.55. The Hall–Kier alpha value is -2.60. The lowest BCUT2D eigenvalue weighted by Crippen LogP contribution is -2.35. The van der Waals surface area contributed by atoms with Crippen LogP contribution in [0.2, 0.25) is 0 Å². The second-order valence-electron chi connectivity index (χ2n) is 8.81. The standard InChI is InChI=1S/C21H26N5O6PS2/c1-12(2)6-8-26-21(28)17(19(27)18(23-26)13-7-9-34-11-13)20-22-15-5-4-14(25-35(3,31)32)10-16(15)33(29,30)24-20/h4-5,7,9-10,12-13,25,27H,6,8,11H2,1-3H3,(H2,22,24,29,30). The predicted octanol–water partition coefficient (Wildman–Crippen LogP) is 2.39. The molecule has 0 radical (unpaired) electrons. The summed E-state index contributed by atoms with van der Waals surface area (Å²) in [6.07, 6.45) is 3.52. The molecule has 35 heavy (non-hydrogen) atoms. The van der Waals surface area contributed by atoms with Gasteiger partial charge in [0, 0.05) is 23.9 Å². The molecule has 0 bridgehead atoms. The Bertz CT molecular complexity index is 1450. The zero-order valence-corrected chi connectivity index (χ0v) is 21.8. The van der Waals surface area contributed by atoms with Gasteiger partial charge < -0.3 is 15.3 Å². The van der Waals surface area contributed by atoms with Crippen LogP contribution in [0.3, 0.4) is 0 Å². The molecule has 0 saturated heterocycles. The molecule has 188 valence electrons. The molecule has 0 spiro atoms. The molecule has 2 atom stereocenters. The summed E-state index contributed by atoms with van der Waals surface area (Å²) < 4.78 is 43.7. The van der Waals surface area contributed by atoms with E-state index in [0.29, 0.717) is 30.3 Å². The summed E-state index contributed by atoms with van der Waals surface area (Å²) in [6.45, 7) is 4.34. The van der Waals surface area contributed by atoms with Gasteiger partial charge in [-0.3, -0.25) is 14.1 Å². The monoisotopic (exact) mass is 539 g/mol. The highest BCUT2D eigenvalue weighted by atomic mass is 32.2. The number of hydrogen-bond acceptors (Lipinski definition) is 8. The number of nitrogens with zero attached hydrogens (tertiary/aromatic N) is 3. The maximum atomic E-state index is 13.4. The number of nitrogens with one attached hydrogen (secondary N) is 2. The van der Waals surface area contributed by atoms with Crippen LogP contribution in [-0.4, -0.2) is 46.0 Å². The summed E-state index contributed by atoms with van der Waals surface area (Å²) in [4.78, 5) is 24.1. The maximum Gasteiger partial charge on any atom is 0.346 e. The third kappa shape index (κ3) is 5.48. The van der Waals surface area contributed by atoms with Gasteiger partial charge in [-0.1, -0.05) is 19.9 Å². The highest BCUT2D eigenvalue weighted by Gasteiger charge is 2.35. The Morgan fingerprint density at radius 1 is 1.37 bits per heavy atom. The number of thioether (sulfide) groups is 1. The van der Waals surface area contributed by atoms with Crippen LogP contribution in [-0.2, 0) is 21.1 Å². The minimum atomic E-state index is -4.42. The number of aromatic hydroxyl groups is 1. The first-order chi connectivity index (χ1) is 16.4. The van der Waals surface area contributed by atoms with Crippen molar-refractivity contribution in [1.82, 2.24) is 9.78 Å². The van der Waals surface area contributed by atoms with Gasteiger partial charge in [-0.05, 0) is 35.9 Å². The van der Waals surface area contributed by atoms with Crippen molar-refractivity contribution in [3.05, 3.63) is 51.3 Å². The Morgan fingerprint density at radius 2 is 2.11 bits per heavy atom. The normalized spacial score (nSPS) is 21.5. The fourth-order valence-corrected chi connectivity index (χ4v) is 6.45. The summed E-state index contributed by atoms with van der Waals surface area (Å²) in [5.74, 6) is 0.0754. The summed E-state index contributed by atoms with van der Waals surface area (Å²) in [5, 5.41) is 20.1. The van der Waals surface area contributed by atoms with E-state index in [1.54, 1.807) is 11.8 Å². The van der Waals surface area contributed by atoms with Gasteiger partial charge in [-0.2, -0.15) is 9.86 Å². The van der Waals surface area contributed by atoms with E-state index >= 15 is 0 Å². The van der Waals surface area contributed by atoms with Crippen LogP contribution in [0.15, 0.2) is 39.2 Å². The number of fused-ring (bicyclic) bond motifs is 1. The first-order valence-corrected chi connectivity index (χ1v) is 15.4. The third-order valence-corrected chi connectivity index (χ3v) is 8.43. The predicted molar refractivity (Wildman–Crippen MR) is 138 cm³/mol. The number of allylic oxidation sites excluding steroid dienone is 1. The Morgan fingerprint density at radius 3 is 2.74 bits per heavy atom. The summed E-state index contributed by atoms with van der Waals surface area (Å²) in [6, 6.07) is 4.03. The van der Waals surface area contributed by atoms with Crippen molar-refractivity contribution in [2.75, 3.05) is 22.0 Å². The van der Waals surface area contributed by atoms with Gasteiger partial charge in [0.1, 0.15) is 11.3 Å². The van der Waals surface area contributed by atoms with Gasteiger partial charge in [0.05, 0.1) is 17.2 Å². The van der Waals surface area contributed by atoms with Crippen LogP contribution < -0.4 is 20.9 Å². The molecule has 0 fully saturated rings. The maximum absolute atomic E-state index is 13.4. The van der Waals surface area contributed by atoms with Crippen molar-refractivity contribution in [2.24, 2.45) is 10.7 Å². The van der Waals surface area contributed by atoms with E-state index in [1.165, 1.54) is 22.9 Å². The van der Waals surface area contributed by atoms with Gasteiger partial charge in [0.15, 0.2) is 11.6 Å². The number of anilines is 2. The number of aryl methyl sites for hydroxylation is 1. The molecular formula is C21H26N5O6PS2. The van der Waals surface area contributed by atoms with Crippen LogP contribution in [0.1, 0.15) is 37.4 Å². The number of sulfonamides is 1. The second-order valence-corrected chi connectivity index (χ2v) is 13.3. The molecule has 2 aromatic rings. The molecule has 0 amide bonds. The summed E-state index contributed by atoms with van der Waals surface area (Å²) in [7, 11) is -8.03. The van der Waals surface area contributed by atoms with Crippen molar-refractivity contribution < 1.29 is 23.0 Å². The van der Waals surface area contributed by atoms with E-state index in [0.717, 1.165) is 6.26 Å². The topological polar surface area (TPSA) is 163 Å². The van der Waals surface area contributed by atoms with Gasteiger partial charge in [-0.25, -0.2) is 13.1 Å². The number of rotatable bonds is 7. The van der Waals surface area contributed by atoms with Crippen molar-refractivity contribution >= 4 is 51.8 Å². The van der Waals surface area contributed by atoms with Crippen molar-refractivity contribution in [2.45, 2.75) is 32.7 Å². The van der Waals surface area contributed by atoms with Crippen molar-refractivity contribution in [3.63, 3.8) is 0 Å². The fourth-order valence-electron chi connectivity index (χ4n) is 3.72. The van der Waals surface area contributed by atoms with Gasteiger partial charge >= 0.3 is 7.52 Å². The molecule has 4 N–H and O–H groups in total. The Labute approximate surface area is 206 Å². The highest BCUT2D eigenvalue weighted by Crippen LogP contribution is 2.47. The van der Waals surface area contributed by atoms with Crippen LogP contribution in [0.25, 0.3) is 0 Å². The Kier molecular flexibility index (Phi) is 6.89. The van der Waals surface area contributed by atoms with E-state index in [9.17, 15) is 27.8 Å². The highest BCUT2D eigenvalue weighted by molar-refractivity contribution is 8.02. The molecule has 2 unspecified atom stereocenters. The first-order valence-electron chi connectivity index (χ1n) is 10.8. The molecule has 3 heterocycles. The fraction of sp³-hybridized carbons (Fsp3) is 0.381. The molecule has 4 rings (SSSR count). The van der Waals surface area contributed by atoms with Gasteiger partial charge in [0.2, 0.25) is 10.0 Å². The molecule has 2 aliphatic rings. The Balaban J connectivity index is 1.83. The van der Waals surface area contributed by atoms with E-state index < -0.39 is 28.9 Å². The average molecular weight is 540 g/mol. The third-order valence-electron chi connectivity index (χ3n) is 5.45. The zero-order valence-electron chi connectivity index (χ0n) is 19.3. The molecule has 1 aromatic heterocycles. The second kappa shape index (κ2) is 9.45. The molecule has 11 nitrogen and oxygen atoms in total. The van der Waals surface area contributed by atoms with E-state index in [2.05, 4.69) is 19.9 Å². The minimum Gasteiger partial charge on any atom is -0.505 e. The minimum absolute atomic E-state index is 0.0941. The van der Waals surface area contributed by atoms with Crippen molar-refractivity contribution in [1.29, 1.82) is 0 Å². The van der Waals surface area contributed by atoms with Crippen LogP contribution in [0.5, 0.6) is 5.75 Å². The van der Waals surface area contributed by atoms with E-state index in [1.807, 2.05) is 25.3 Å². The van der Waals surface area contributed by atoms with E-state index in [4.69, 9.17) is 0 Å². The lowest BCUT2D eigenvalue weighted by atomic mass is 10.0. The molecule has 0 aliphatic carbocycles. The number of amidine groups is 1. The number of hydrogen-bond donors (Lipinski definition) is 4. The molecule has 14 heteroatoms. The van der Waals surface area contributed by atoms with Crippen LogP contribution in [0.4, 0.5) is 11.4 Å². The molecular weight excluding hydrogens is 513 g/mol. The smallest absolute Gasteiger partial charge is 0.346 e. The SMILES string of the molecule is CC(C)CCn1nc(C2C=CSC2)c(O)c(C2=NP(=O)(O)c3cc(NS(C)(=O)=O)ccc3N2)c1=O. The summed E-state index contributed by atoms with van der Waals surface area (Å²) in [5.41, 5.74) is -0.312. The largest absolute Gasteiger partial charge is 0.505 e. The lowest BCUT2D eigenvalue weighted by Gasteiger charge is -2.24. The molecule has 1 aromatic carbocycles. The van der Waals surface area contributed by atoms with Crippen molar-refractivity contribution in [3.8, 4) is 5.75 Å². The number of benzene rings is 1. The zero-order chi connectivity index (χ0) is 25.5. The van der Waals surface area contributed by atoms with E-state index in [-0.39, 0.29) is 34.0 Å². The lowest BCUT2D eigenvalue weighted by molar-refractivity contribution is 0.427. The van der Waals surface area contributed by atoms with Crippen LogP contribution >= 0.6 is 19.3 Å². The van der Waals surface area contributed by atoms with Gasteiger partial charge in [0.25, 0.3) is 5.56 Å². The first kappa shape index (κ1) is 25.5. The molecule has 2 aliphatic heterocycles. The number of aromatic nitrogens is 2. The average Bonchev–Trinajstić information content (AvgIpc) is 3.27. The molecule has 0 saturated carbocycles. The van der Waals surface area contributed by atoms with Gasteiger partial charge in [-0.15, -0.1) is 11.8 Å².